The minimum absolute atomic E-state index is 0.709. The van der Waals surface area contributed by atoms with Crippen molar-refractivity contribution >= 4 is 32.5 Å². The molecule has 0 fully saturated rings. The summed E-state index contributed by atoms with van der Waals surface area (Å²) in [5.74, 6) is 1.43. The van der Waals surface area contributed by atoms with E-state index in [1.807, 2.05) is 48.8 Å². The van der Waals surface area contributed by atoms with Gasteiger partial charge in [0.05, 0.1) is 20.5 Å². The van der Waals surface area contributed by atoms with Crippen molar-refractivity contribution in [1.29, 1.82) is 0 Å². The van der Waals surface area contributed by atoms with Gasteiger partial charge in [0.2, 0.25) is 0 Å². The predicted octanol–water partition coefficient (Wildman–Crippen LogP) is 4.00. The van der Waals surface area contributed by atoms with Crippen molar-refractivity contribution in [3.05, 3.63) is 64.9 Å². The summed E-state index contributed by atoms with van der Waals surface area (Å²) in [5.41, 5.74) is 2.33. The maximum Gasteiger partial charge on any atom is 0.261 e. The lowest BCUT2D eigenvalue weighted by molar-refractivity contribution is 0.356. The van der Waals surface area contributed by atoms with Crippen LogP contribution in [0.3, 0.4) is 0 Å². The van der Waals surface area contributed by atoms with Crippen LogP contribution in [0.15, 0.2) is 48.8 Å². The van der Waals surface area contributed by atoms with E-state index in [0.717, 1.165) is 33.5 Å². The van der Waals surface area contributed by atoms with Crippen LogP contribution < -0.4 is 9.47 Å². The highest BCUT2D eigenvalue weighted by molar-refractivity contribution is 7.85. The highest BCUT2D eigenvalue weighted by Crippen LogP contribution is 2.33. The number of nitrogens with zero attached hydrogens (tertiary/aromatic N) is 1. The van der Waals surface area contributed by atoms with Crippen molar-refractivity contribution < 1.29 is 22.4 Å². The van der Waals surface area contributed by atoms with E-state index in [-0.39, 0.29) is 0 Å². The standard InChI is InChI=1S/C18H16ClNO2.CH4O3S/c1-21-17-8-14-11-20-10-13(16(14)9-18(17)22-2)7-12-3-5-15(19)6-4-12;1-5(2,3)4/h3-6,8-11H,7H2,1-2H3;1H3,(H,2,3,4). The molecule has 0 aliphatic carbocycles. The Hall–Kier alpha value is -2.35. The quantitative estimate of drug-likeness (QED) is 0.655. The molecule has 1 aromatic heterocycles. The molecule has 2 aromatic carbocycles. The lowest BCUT2D eigenvalue weighted by Gasteiger charge is -2.12. The van der Waals surface area contributed by atoms with Crippen molar-refractivity contribution in [2.75, 3.05) is 20.5 Å². The number of benzene rings is 2. The van der Waals surface area contributed by atoms with E-state index >= 15 is 0 Å². The topological polar surface area (TPSA) is 85.7 Å². The van der Waals surface area contributed by atoms with Gasteiger partial charge in [-0.2, -0.15) is 8.42 Å². The van der Waals surface area contributed by atoms with Gasteiger partial charge in [0.15, 0.2) is 11.5 Å². The summed E-state index contributed by atoms with van der Waals surface area (Å²) in [5, 5.41) is 2.89. The number of pyridine rings is 1. The molecule has 0 amide bonds. The summed E-state index contributed by atoms with van der Waals surface area (Å²) in [6.45, 7) is 0. The molecule has 0 aliphatic rings. The first kappa shape index (κ1) is 21.0. The third kappa shape index (κ3) is 6.39. The average Bonchev–Trinajstić information content (AvgIpc) is 2.61. The van der Waals surface area contributed by atoms with E-state index in [1.165, 1.54) is 5.56 Å². The molecule has 0 radical (unpaired) electrons. The molecule has 0 saturated carbocycles. The largest absolute Gasteiger partial charge is 0.493 e. The molecule has 0 unspecified atom stereocenters. The molecule has 0 spiro atoms. The second-order valence-electron chi connectivity index (χ2n) is 5.76. The average molecular weight is 410 g/mol. The maximum atomic E-state index is 9.19. The summed E-state index contributed by atoms with van der Waals surface area (Å²) in [6.07, 6.45) is 5.23. The normalized spacial score (nSPS) is 10.9. The van der Waals surface area contributed by atoms with Gasteiger partial charge in [-0.3, -0.25) is 9.54 Å². The number of ether oxygens (including phenoxy) is 2. The van der Waals surface area contributed by atoms with E-state index in [4.69, 9.17) is 25.6 Å². The van der Waals surface area contributed by atoms with Gasteiger partial charge in [0.1, 0.15) is 0 Å². The number of aromatic nitrogens is 1. The van der Waals surface area contributed by atoms with E-state index in [9.17, 15) is 8.42 Å². The first-order valence-corrected chi connectivity index (χ1v) is 10.1. The van der Waals surface area contributed by atoms with Crippen LogP contribution in [0.25, 0.3) is 10.8 Å². The first-order chi connectivity index (χ1) is 12.7. The Kier molecular flexibility index (Phi) is 7.01. The SMILES string of the molecule is COc1cc2cncc(Cc3ccc(Cl)cc3)c2cc1OC.CS(=O)(=O)O. The summed E-state index contributed by atoms with van der Waals surface area (Å²) in [7, 11) is -0.390. The maximum absolute atomic E-state index is 9.19. The van der Waals surface area contributed by atoms with Gasteiger partial charge in [0.25, 0.3) is 10.1 Å². The molecule has 6 nitrogen and oxygen atoms in total. The second-order valence-corrected chi connectivity index (χ2v) is 7.67. The van der Waals surface area contributed by atoms with Crippen LogP contribution in [0.1, 0.15) is 11.1 Å². The van der Waals surface area contributed by atoms with Crippen molar-refractivity contribution in [2.24, 2.45) is 0 Å². The fourth-order valence-electron chi connectivity index (χ4n) is 2.52. The highest BCUT2D eigenvalue weighted by Gasteiger charge is 2.10. The van der Waals surface area contributed by atoms with E-state index in [2.05, 4.69) is 4.98 Å². The monoisotopic (exact) mass is 409 g/mol. The zero-order chi connectivity index (χ0) is 20.0. The molecular weight excluding hydrogens is 390 g/mol. The third-order valence-corrected chi connectivity index (χ3v) is 3.91. The fourth-order valence-corrected chi connectivity index (χ4v) is 2.65. The van der Waals surface area contributed by atoms with Crippen LogP contribution in [0, 0.1) is 0 Å². The van der Waals surface area contributed by atoms with Crippen LogP contribution >= 0.6 is 11.6 Å². The summed E-state index contributed by atoms with van der Waals surface area (Å²) in [6, 6.07) is 11.8. The molecule has 1 heterocycles. The Morgan fingerprint density at radius 3 is 2.15 bits per heavy atom. The Morgan fingerprint density at radius 1 is 1.04 bits per heavy atom. The number of methoxy groups -OCH3 is 2. The van der Waals surface area contributed by atoms with Gasteiger partial charge >= 0.3 is 0 Å². The summed E-state index contributed by atoms with van der Waals surface area (Å²) >= 11 is 5.94. The summed E-state index contributed by atoms with van der Waals surface area (Å²) in [4.78, 5) is 4.34. The Balaban J connectivity index is 0.000000465. The minimum Gasteiger partial charge on any atom is -0.493 e. The Bertz CT molecular complexity index is 1010. The van der Waals surface area contributed by atoms with E-state index in [1.54, 1.807) is 14.2 Å². The first-order valence-electron chi connectivity index (χ1n) is 7.86. The van der Waals surface area contributed by atoms with Crippen molar-refractivity contribution in [1.82, 2.24) is 4.98 Å². The minimum atomic E-state index is -3.67. The van der Waals surface area contributed by atoms with Gasteiger partial charge in [0, 0.05) is 22.8 Å². The lowest BCUT2D eigenvalue weighted by atomic mass is 10.0. The molecule has 0 aliphatic heterocycles. The van der Waals surface area contributed by atoms with E-state index < -0.39 is 10.1 Å². The fraction of sp³-hybridized carbons (Fsp3) is 0.211. The van der Waals surface area contributed by atoms with Gasteiger partial charge in [-0.25, -0.2) is 0 Å². The Labute approximate surface area is 163 Å². The smallest absolute Gasteiger partial charge is 0.261 e. The molecule has 144 valence electrons. The molecule has 0 bridgehead atoms. The summed E-state index contributed by atoms with van der Waals surface area (Å²) < 4.78 is 36.6. The molecule has 8 heteroatoms. The second kappa shape index (κ2) is 9.03. The highest BCUT2D eigenvalue weighted by atomic mass is 35.5. The number of fused-ring (bicyclic) bond motifs is 1. The Morgan fingerprint density at radius 2 is 1.59 bits per heavy atom. The number of rotatable bonds is 4. The van der Waals surface area contributed by atoms with Crippen LogP contribution in [0.5, 0.6) is 11.5 Å². The predicted molar refractivity (Wildman–Crippen MR) is 107 cm³/mol. The zero-order valence-electron chi connectivity index (χ0n) is 15.1. The van der Waals surface area contributed by atoms with Gasteiger partial charge in [-0.15, -0.1) is 0 Å². The molecule has 0 saturated heterocycles. The van der Waals surface area contributed by atoms with Gasteiger partial charge in [-0.1, -0.05) is 23.7 Å². The number of hydrogen-bond acceptors (Lipinski definition) is 5. The van der Waals surface area contributed by atoms with Crippen molar-refractivity contribution in [2.45, 2.75) is 6.42 Å². The molecule has 3 aromatic rings. The third-order valence-electron chi connectivity index (χ3n) is 3.65. The van der Waals surface area contributed by atoms with Crippen LogP contribution in [0.4, 0.5) is 0 Å². The van der Waals surface area contributed by atoms with Crippen molar-refractivity contribution in [3.63, 3.8) is 0 Å². The van der Waals surface area contributed by atoms with Crippen LogP contribution in [-0.2, 0) is 16.5 Å². The zero-order valence-corrected chi connectivity index (χ0v) is 16.7. The molecule has 27 heavy (non-hydrogen) atoms. The van der Waals surface area contributed by atoms with Crippen LogP contribution in [0.2, 0.25) is 5.02 Å². The van der Waals surface area contributed by atoms with Crippen LogP contribution in [-0.4, -0.2) is 38.4 Å². The lowest BCUT2D eigenvalue weighted by Crippen LogP contribution is -1.95. The van der Waals surface area contributed by atoms with Gasteiger partial charge in [-0.05, 0) is 47.2 Å². The molecule has 1 N–H and O–H groups in total. The number of halogens is 1. The van der Waals surface area contributed by atoms with Crippen molar-refractivity contribution in [3.8, 4) is 11.5 Å². The van der Waals surface area contributed by atoms with E-state index in [0.29, 0.717) is 12.0 Å². The molecule has 0 atom stereocenters. The molecule has 3 rings (SSSR count). The number of hydrogen-bond donors (Lipinski definition) is 1. The van der Waals surface area contributed by atoms with Gasteiger partial charge < -0.3 is 9.47 Å². The molecular formula is C19H20ClNO5S.